The van der Waals surface area contributed by atoms with Crippen LogP contribution in [0.4, 0.5) is 0 Å². The molecule has 1 saturated carbocycles. The third-order valence-electron chi connectivity index (χ3n) is 5.17. The standard InChI is InChI=1S/C15H22O3/c1-9-5-6-11-15(4,18-11)8-7-10-12(9)17-13(16)14(10,2)3/h10-12H,1,5-8H2,2-4H3. The van der Waals surface area contributed by atoms with Gasteiger partial charge in [0, 0.05) is 5.92 Å². The third-order valence-corrected chi connectivity index (χ3v) is 5.17. The summed E-state index contributed by atoms with van der Waals surface area (Å²) in [7, 11) is 0. The maximum atomic E-state index is 12.0. The Morgan fingerprint density at radius 1 is 1.28 bits per heavy atom. The van der Waals surface area contributed by atoms with Gasteiger partial charge in [0.05, 0.1) is 17.1 Å². The fourth-order valence-electron chi connectivity index (χ4n) is 3.54. The molecule has 0 bridgehead atoms. The molecule has 0 aromatic heterocycles. The van der Waals surface area contributed by atoms with Gasteiger partial charge in [-0.05, 0) is 52.0 Å². The first-order chi connectivity index (χ1) is 8.34. The maximum absolute atomic E-state index is 12.0. The molecule has 4 atom stereocenters. The largest absolute Gasteiger partial charge is 0.457 e. The van der Waals surface area contributed by atoms with Crippen molar-refractivity contribution in [2.24, 2.45) is 11.3 Å². The van der Waals surface area contributed by atoms with Crippen LogP contribution in [0, 0.1) is 11.3 Å². The molecule has 100 valence electrons. The molecule has 2 saturated heterocycles. The number of esters is 1. The van der Waals surface area contributed by atoms with Gasteiger partial charge in [-0.2, -0.15) is 0 Å². The summed E-state index contributed by atoms with van der Waals surface area (Å²) in [6.07, 6.45) is 4.23. The highest BCUT2D eigenvalue weighted by Gasteiger charge is 2.57. The van der Waals surface area contributed by atoms with Crippen molar-refractivity contribution in [2.75, 3.05) is 0 Å². The lowest BCUT2D eigenvalue weighted by atomic mass is 9.73. The van der Waals surface area contributed by atoms with E-state index in [1.165, 1.54) is 0 Å². The highest BCUT2D eigenvalue weighted by Crippen LogP contribution is 2.51. The Kier molecular flexibility index (Phi) is 2.44. The monoisotopic (exact) mass is 250 g/mol. The summed E-state index contributed by atoms with van der Waals surface area (Å²) in [4.78, 5) is 12.0. The van der Waals surface area contributed by atoms with Crippen molar-refractivity contribution in [3.05, 3.63) is 12.2 Å². The molecule has 0 N–H and O–H groups in total. The van der Waals surface area contributed by atoms with E-state index in [-0.39, 0.29) is 23.6 Å². The number of epoxide rings is 1. The fraction of sp³-hybridized carbons (Fsp3) is 0.800. The number of hydrogen-bond donors (Lipinski definition) is 0. The minimum Gasteiger partial charge on any atom is -0.457 e. The van der Waals surface area contributed by atoms with Crippen LogP contribution >= 0.6 is 0 Å². The molecule has 1 aliphatic carbocycles. The molecule has 3 fully saturated rings. The minimum absolute atomic E-state index is 0.0386. The van der Waals surface area contributed by atoms with E-state index in [4.69, 9.17) is 9.47 Å². The average molecular weight is 250 g/mol. The normalized spacial score (nSPS) is 46.3. The molecular weight excluding hydrogens is 228 g/mol. The smallest absolute Gasteiger partial charge is 0.312 e. The lowest BCUT2D eigenvalue weighted by molar-refractivity contribution is -0.146. The van der Waals surface area contributed by atoms with Crippen LogP contribution in [-0.4, -0.2) is 23.8 Å². The van der Waals surface area contributed by atoms with Gasteiger partial charge in [-0.3, -0.25) is 4.79 Å². The highest BCUT2D eigenvalue weighted by atomic mass is 16.6. The van der Waals surface area contributed by atoms with Crippen molar-refractivity contribution in [3.8, 4) is 0 Å². The maximum Gasteiger partial charge on any atom is 0.312 e. The van der Waals surface area contributed by atoms with E-state index in [0.717, 1.165) is 31.3 Å². The quantitative estimate of drug-likeness (QED) is 0.377. The molecular formula is C15H22O3. The lowest BCUT2D eigenvalue weighted by Gasteiger charge is -2.26. The summed E-state index contributed by atoms with van der Waals surface area (Å²) in [5, 5.41) is 0. The fourth-order valence-corrected chi connectivity index (χ4v) is 3.54. The molecule has 4 unspecified atom stereocenters. The summed E-state index contributed by atoms with van der Waals surface area (Å²) in [5.74, 6) is 0.176. The van der Waals surface area contributed by atoms with Crippen LogP contribution in [0.1, 0.15) is 46.5 Å². The first-order valence-corrected chi connectivity index (χ1v) is 6.91. The third kappa shape index (κ3) is 1.63. The molecule has 18 heavy (non-hydrogen) atoms. The zero-order valence-corrected chi connectivity index (χ0v) is 11.5. The summed E-state index contributed by atoms with van der Waals surface area (Å²) in [5.41, 5.74) is 0.717. The van der Waals surface area contributed by atoms with Gasteiger partial charge in [-0.25, -0.2) is 0 Å². The van der Waals surface area contributed by atoms with Gasteiger partial charge in [0.1, 0.15) is 6.10 Å². The second kappa shape index (κ2) is 3.60. The van der Waals surface area contributed by atoms with E-state index in [2.05, 4.69) is 13.5 Å². The Labute approximate surface area is 109 Å². The zero-order valence-electron chi connectivity index (χ0n) is 11.5. The van der Waals surface area contributed by atoms with Crippen molar-refractivity contribution >= 4 is 5.97 Å². The van der Waals surface area contributed by atoms with Gasteiger partial charge >= 0.3 is 5.97 Å². The molecule has 0 spiro atoms. The van der Waals surface area contributed by atoms with Gasteiger partial charge < -0.3 is 9.47 Å². The predicted molar refractivity (Wildman–Crippen MR) is 68.0 cm³/mol. The molecule has 3 aliphatic rings. The second-order valence-corrected chi connectivity index (χ2v) is 6.81. The SMILES string of the molecule is C=C1CCC2OC2(C)CCC2C1OC(=O)C2(C)C. The molecule has 2 aliphatic heterocycles. The Bertz CT molecular complexity index is 412. The first kappa shape index (κ1) is 12.2. The van der Waals surface area contributed by atoms with E-state index >= 15 is 0 Å². The van der Waals surface area contributed by atoms with Crippen molar-refractivity contribution in [3.63, 3.8) is 0 Å². The topological polar surface area (TPSA) is 38.8 Å². The molecule has 0 aromatic carbocycles. The summed E-state index contributed by atoms with van der Waals surface area (Å²) in [6.45, 7) is 10.3. The first-order valence-electron chi connectivity index (χ1n) is 6.91. The molecule has 0 aromatic rings. The van der Waals surface area contributed by atoms with Crippen LogP contribution in [0.3, 0.4) is 0 Å². The Hall–Kier alpha value is -0.830. The number of carbonyl (C=O) groups is 1. The van der Waals surface area contributed by atoms with Crippen molar-refractivity contribution in [1.82, 2.24) is 0 Å². The van der Waals surface area contributed by atoms with Gasteiger partial charge in [-0.1, -0.05) is 6.58 Å². The van der Waals surface area contributed by atoms with Crippen molar-refractivity contribution in [1.29, 1.82) is 0 Å². The molecule has 3 nitrogen and oxygen atoms in total. The van der Waals surface area contributed by atoms with Crippen LogP contribution in [0.5, 0.6) is 0 Å². The van der Waals surface area contributed by atoms with Gasteiger partial charge in [0.2, 0.25) is 0 Å². The van der Waals surface area contributed by atoms with E-state index < -0.39 is 5.41 Å². The average Bonchev–Trinajstić information content (AvgIpc) is 2.86. The van der Waals surface area contributed by atoms with Crippen LogP contribution in [-0.2, 0) is 14.3 Å². The van der Waals surface area contributed by atoms with Gasteiger partial charge in [0.25, 0.3) is 0 Å². The molecule has 0 radical (unpaired) electrons. The highest BCUT2D eigenvalue weighted by molar-refractivity contribution is 5.79. The number of fused-ring (bicyclic) bond motifs is 2. The van der Waals surface area contributed by atoms with Crippen LogP contribution in [0.25, 0.3) is 0 Å². The van der Waals surface area contributed by atoms with Crippen molar-refractivity contribution in [2.45, 2.75) is 64.3 Å². The van der Waals surface area contributed by atoms with Crippen LogP contribution in [0.2, 0.25) is 0 Å². The van der Waals surface area contributed by atoms with E-state index in [1.54, 1.807) is 0 Å². The molecule has 3 heteroatoms. The lowest BCUT2D eigenvalue weighted by Crippen LogP contribution is -2.30. The molecule has 3 rings (SSSR count). The van der Waals surface area contributed by atoms with Gasteiger partial charge in [-0.15, -0.1) is 0 Å². The molecule has 0 amide bonds. The Morgan fingerprint density at radius 2 is 2.00 bits per heavy atom. The van der Waals surface area contributed by atoms with E-state index in [1.807, 2.05) is 13.8 Å². The Balaban J connectivity index is 1.87. The van der Waals surface area contributed by atoms with E-state index in [0.29, 0.717) is 6.10 Å². The summed E-state index contributed by atoms with van der Waals surface area (Å²) in [6, 6.07) is 0. The number of ether oxygens (including phenoxy) is 2. The van der Waals surface area contributed by atoms with E-state index in [9.17, 15) is 4.79 Å². The predicted octanol–water partition coefficient (Wildman–Crippen LogP) is 2.84. The number of hydrogen-bond acceptors (Lipinski definition) is 3. The van der Waals surface area contributed by atoms with Crippen molar-refractivity contribution < 1.29 is 14.3 Å². The minimum atomic E-state index is -0.390. The molecule has 2 heterocycles. The van der Waals surface area contributed by atoms with Gasteiger partial charge in [0.15, 0.2) is 0 Å². The summed E-state index contributed by atoms with van der Waals surface area (Å²) >= 11 is 0. The number of carbonyl (C=O) groups excluding carboxylic acids is 1. The van der Waals surface area contributed by atoms with Crippen LogP contribution < -0.4 is 0 Å². The number of rotatable bonds is 0. The van der Waals surface area contributed by atoms with Crippen LogP contribution in [0.15, 0.2) is 12.2 Å². The summed E-state index contributed by atoms with van der Waals surface area (Å²) < 4.78 is 11.4. The zero-order chi connectivity index (χ0) is 13.1. The second-order valence-electron chi connectivity index (χ2n) is 6.81. The Morgan fingerprint density at radius 3 is 2.72 bits per heavy atom.